The van der Waals surface area contributed by atoms with Gasteiger partial charge in [0.25, 0.3) is 0 Å². The zero-order valence-corrected chi connectivity index (χ0v) is 9.79. The Morgan fingerprint density at radius 3 is 2.21 bits per heavy atom. The quantitative estimate of drug-likeness (QED) is 0.686. The highest BCUT2D eigenvalue weighted by molar-refractivity contribution is 5.66. The first-order valence-electron chi connectivity index (χ1n) is 5.48. The van der Waals surface area contributed by atoms with Crippen molar-refractivity contribution in [1.29, 1.82) is 0 Å². The van der Waals surface area contributed by atoms with Crippen molar-refractivity contribution in [2.24, 2.45) is 5.92 Å². The predicted octanol–water partition coefficient (Wildman–Crippen LogP) is 2.22. The highest BCUT2D eigenvalue weighted by Gasteiger charge is 2.18. The standard InChI is InChI=1S/C11H23NO2/c1-5-10(9(3)4)12(6-2)8-7-11(13)14/h9-10H,5-8H2,1-4H3,(H,13,14). The Bertz CT molecular complexity index is 169. The van der Waals surface area contributed by atoms with Crippen LogP contribution in [0.4, 0.5) is 0 Å². The van der Waals surface area contributed by atoms with Crippen LogP contribution in [-0.2, 0) is 4.79 Å². The molecule has 0 spiro atoms. The topological polar surface area (TPSA) is 40.5 Å². The highest BCUT2D eigenvalue weighted by Crippen LogP contribution is 2.14. The van der Waals surface area contributed by atoms with Crippen LogP contribution in [0.25, 0.3) is 0 Å². The first kappa shape index (κ1) is 13.4. The van der Waals surface area contributed by atoms with E-state index in [-0.39, 0.29) is 6.42 Å². The first-order valence-corrected chi connectivity index (χ1v) is 5.48. The lowest BCUT2D eigenvalue weighted by atomic mass is 10.00. The Morgan fingerprint density at radius 1 is 1.36 bits per heavy atom. The summed E-state index contributed by atoms with van der Waals surface area (Å²) in [7, 11) is 0. The van der Waals surface area contributed by atoms with E-state index in [2.05, 4.69) is 32.6 Å². The number of carboxylic acids is 1. The van der Waals surface area contributed by atoms with Crippen molar-refractivity contribution in [3.05, 3.63) is 0 Å². The summed E-state index contributed by atoms with van der Waals surface area (Å²) in [4.78, 5) is 12.7. The lowest BCUT2D eigenvalue weighted by molar-refractivity contribution is -0.137. The number of rotatable bonds is 7. The van der Waals surface area contributed by atoms with Crippen molar-refractivity contribution in [2.75, 3.05) is 13.1 Å². The molecule has 1 atom stereocenters. The molecule has 14 heavy (non-hydrogen) atoms. The van der Waals surface area contributed by atoms with Crippen molar-refractivity contribution in [1.82, 2.24) is 4.90 Å². The molecule has 0 bridgehead atoms. The minimum absolute atomic E-state index is 0.247. The molecule has 0 aliphatic carbocycles. The molecule has 3 heteroatoms. The van der Waals surface area contributed by atoms with E-state index in [0.29, 0.717) is 18.5 Å². The van der Waals surface area contributed by atoms with E-state index >= 15 is 0 Å². The van der Waals surface area contributed by atoms with Crippen LogP contribution in [0.15, 0.2) is 0 Å². The van der Waals surface area contributed by atoms with E-state index in [4.69, 9.17) is 5.11 Å². The molecule has 0 aliphatic heterocycles. The van der Waals surface area contributed by atoms with Gasteiger partial charge >= 0.3 is 5.97 Å². The molecule has 1 N–H and O–H groups in total. The van der Waals surface area contributed by atoms with Crippen LogP contribution in [0.3, 0.4) is 0 Å². The molecule has 0 fully saturated rings. The maximum absolute atomic E-state index is 10.5. The fraction of sp³-hybridized carbons (Fsp3) is 0.909. The van der Waals surface area contributed by atoms with Crippen LogP contribution in [0.1, 0.15) is 40.5 Å². The van der Waals surface area contributed by atoms with Crippen molar-refractivity contribution >= 4 is 5.97 Å². The second-order valence-electron chi connectivity index (χ2n) is 3.99. The molecule has 3 nitrogen and oxygen atoms in total. The third kappa shape index (κ3) is 4.61. The molecular weight excluding hydrogens is 178 g/mol. The zero-order valence-electron chi connectivity index (χ0n) is 9.79. The molecule has 0 rings (SSSR count). The molecule has 0 amide bonds. The Kier molecular flexibility index (Phi) is 6.54. The summed E-state index contributed by atoms with van der Waals surface area (Å²) in [5, 5.41) is 8.62. The molecular formula is C11H23NO2. The van der Waals surface area contributed by atoms with E-state index < -0.39 is 5.97 Å². The van der Waals surface area contributed by atoms with E-state index in [1.165, 1.54) is 0 Å². The van der Waals surface area contributed by atoms with Crippen molar-refractivity contribution in [2.45, 2.75) is 46.6 Å². The summed E-state index contributed by atoms with van der Waals surface area (Å²) in [6.07, 6.45) is 1.34. The third-order valence-corrected chi connectivity index (χ3v) is 2.68. The summed E-state index contributed by atoms with van der Waals surface area (Å²) in [5.74, 6) is -0.115. The number of aliphatic carboxylic acids is 1. The summed E-state index contributed by atoms with van der Waals surface area (Å²) in [5.41, 5.74) is 0. The van der Waals surface area contributed by atoms with Crippen LogP contribution in [-0.4, -0.2) is 35.1 Å². The monoisotopic (exact) mass is 201 g/mol. The van der Waals surface area contributed by atoms with Gasteiger partial charge in [0, 0.05) is 12.6 Å². The molecule has 0 heterocycles. The summed E-state index contributed by atoms with van der Waals surface area (Å²) in [6.45, 7) is 10.2. The van der Waals surface area contributed by atoms with Crippen LogP contribution >= 0.6 is 0 Å². The van der Waals surface area contributed by atoms with Crippen molar-refractivity contribution < 1.29 is 9.90 Å². The van der Waals surface area contributed by atoms with Gasteiger partial charge in [0.15, 0.2) is 0 Å². The maximum Gasteiger partial charge on any atom is 0.304 e. The van der Waals surface area contributed by atoms with Gasteiger partial charge in [-0.2, -0.15) is 0 Å². The number of hydrogen-bond acceptors (Lipinski definition) is 2. The summed E-state index contributed by atoms with van der Waals surface area (Å²) >= 11 is 0. The van der Waals surface area contributed by atoms with Gasteiger partial charge in [0.1, 0.15) is 0 Å². The second-order valence-corrected chi connectivity index (χ2v) is 3.99. The fourth-order valence-corrected chi connectivity index (χ4v) is 1.95. The SMILES string of the molecule is CCC(C(C)C)N(CC)CCC(=O)O. The largest absolute Gasteiger partial charge is 0.481 e. The van der Waals surface area contributed by atoms with E-state index in [1.807, 2.05) is 0 Å². The number of carboxylic acid groups (broad SMARTS) is 1. The van der Waals surface area contributed by atoms with Crippen molar-refractivity contribution in [3.8, 4) is 0 Å². The highest BCUT2D eigenvalue weighted by atomic mass is 16.4. The predicted molar refractivity (Wildman–Crippen MR) is 58.4 cm³/mol. The normalized spacial score (nSPS) is 13.6. The molecule has 0 aliphatic rings. The fourth-order valence-electron chi connectivity index (χ4n) is 1.95. The average Bonchev–Trinajstić information content (AvgIpc) is 2.10. The van der Waals surface area contributed by atoms with Gasteiger partial charge in [0.2, 0.25) is 0 Å². The van der Waals surface area contributed by atoms with Gasteiger partial charge < -0.3 is 5.11 Å². The van der Waals surface area contributed by atoms with Gasteiger partial charge in [-0.1, -0.05) is 27.7 Å². The molecule has 0 radical (unpaired) electrons. The minimum Gasteiger partial charge on any atom is -0.481 e. The molecule has 1 unspecified atom stereocenters. The van der Waals surface area contributed by atoms with E-state index in [9.17, 15) is 4.79 Å². The Balaban J connectivity index is 4.14. The number of hydrogen-bond donors (Lipinski definition) is 1. The van der Waals surface area contributed by atoms with Gasteiger partial charge in [-0.15, -0.1) is 0 Å². The zero-order chi connectivity index (χ0) is 11.1. The van der Waals surface area contributed by atoms with Crippen LogP contribution in [0, 0.1) is 5.92 Å². The van der Waals surface area contributed by atoms with Gasteiger partial charge in [-0.25, -0.2) is 0 Å². The Labute approximate surface area is 87.1 Å². The molecule has 84 valence electrons. The smallest absolute Gasteiger partial charge is 0.304 e. The third-order valence-electron chi connectivity index (χ3n) is 2.68. The maximum atomic E-state index is 10.5. The minimum atomic E-state index is -0.706. The van der Waals surface area contributed by atoms with Crippen LogP contribution in [0.2, 0.25) is 0 Å². The molecule has 0 saturated carbocycles. The second kappa shape index (κ2) is 6.82. The van der Waals surface area contributed by atoms with Gasteiger partial charge in [-0.05, 0) is 18.9 Å². The summed E-state index contributed by atoms with van der Waals surface area (Å²) < 4.78 is 0. The molecule has 0 aromatic heterocycles. The lowest BCUT2D eigenvalue weighted by Gasteiger charge is -2.32. The van der Waals surface area contributed by atoms with Crippen LogP contribution < -0.4 is 0 Å². The van der Waals surface area contributed by atoms with Crippen LogP contribution in [0.5, 0.6) is 0 Å². The lowest BCUT2D eigenvalue weighted by Crippen LogP contribution is -2.39. The first-order chi connectivity index (χ1) is 6.52. The molecule has 0 saturated heterocycles. The number of carbonyl (C=O) groups is 1. The molecule has 0 aromatic rings. The average molecular weight is 201 g/mol. The van der Waals surface area contributed by atoms with Crippen molar-refractivity contribution in [3.63, 3.8) is 0 Å². The Morgan fingerprint density at radius 2 is 1.93 bits per heavy atom. The van der Waals surface area contributed by atoms with E-state index in [0.717, 1.165) is 13.0 Å². The number of nitrogens with zero attached hydrogens (tertiary/aromatic N) is 1. The molecule has 0 aromatic carbocycles. The van der Waals surface area contributed by atoms with E-state index in [1.54, 1.807) is 0 Å². The van der Waals surface area contributed by atoms with Gasteiger partial charge in [-0.3, -0.25) is 9.69 Å². The summed E-state index contributed by atoms with van der Waals surface area (Å²) in [6, 6.07) is 0.513. The Hall–Kier alpha value is -0.570. The van der Waals surface area contributed by atoms with Gasteiger partial charge in [0.05, 0.1) is 6.42 Å².